The van der Waals surface area contributed by atoms with Crippen LogP contribution in [-0.2, 0) is 12.8 Å². The highest BCUT2D eigenvalue weighted by atomic mass is 127. The van der Waals surface area contributed by atoms with Gasteiger partial charge in [0.05, 0.1) is 0 Å². The molecule has 0 N–H and O–H groups in total. The molecule has 1 nitrogen and oxygen atoms in total. The van der Waals surface area contributed by atoms with Gasteiger partial charge in [-0.2, -0.15) is 0 Å². The molecule has 0 aromatic carbocycles. The molecule has 1 aromatic rings. The van der Waals surface area contributed by atoms with Crippen LogP contribution in [0.25, 0.3) is 0 Å². The standard InChI is InChI=1S/C12H17I2N/c1-10-6-7-11(4-2-8-13)12(15-10)5-3-9-14/h6-7H,2-5,8-9H2,1H3. The molecule has 84 valence electrons. The molecule has 0 bridgehead atoms. The Bertz CT molecular complexity index is 300. The Morgan fingerprint density at radius 3 is 2.40 bits per heavy atom. The number of nitrogens with zero attached hydrogens (tertiary/aromatic N) is 1. The van der Waals surface area contributed by atoms with Crippen LogP contribution in [0.15, 0.2) is 12.1 Å². The summed E-state index contributed by atoms with van der Waals surface area (Å²) in [5, 5.41) is 0. The number of aromatic nitrogens is 1. The number of hydrogen-bond acceptors (Lipinski definition) is 1. The lowest BCUT2D eigenvalue weighted by atomic mass is 10.0. The van der Waals surface area contributed by atoms with Crippen LogP contribution in [0.1, 0.15) is 29.8 Å². The molecule has 3 heteroatoms. The quantitative estimate of drug-likeness (QED) is 0.490. The van der Waals surface area contributed by atoms with E-state index in [9.17, 15) is 0 Å². The minimum Gasteiger partial charge on any atom is -0.258 e. The molecule has 15 heavy (non-hydrogen) atoms. The van der Waals surface area contributed by atoms with Gasteiger partial charge in [0, 0.05) is 11.4 Å². The Balaban J connectivity index is 2.73. The van der Waals surface area contributed by atoms with E-state index in [4.69, 9.17) is 0 Å². The Labute approximate surface area is 120 Å². The lowest BCUT2D eigenvalue weighted by Crippen LogP contribution is -2.00. The van der Waals surface area contributed by atoms with E-state index in [0.717, 1.165) is 12.1 Å². The molecule has 0 radical (unpaired) electrons. The van der Waals surface area contributed by atoms with Crippen molar-refractivity contribution in [1.82, 2.24) is 4.98 Å². The van der Waals surface area contributed by atoms with Crippen LogP contribution in [0.4, 0.5) is 0 Å². The number of rotatable bonds is 6. The van der Waals surface area contributed by atoms with Crippen molar-refractivity contribution in [2.24, 2.45) is 0 Å². The van der Waals surface area contributed by atoms with Crippen molar-refractivity contribution >= 4 is 45.2 Å². The van der Waals surface area contributed by atoms with Gasteiger partial charge in [0.1, 0.15) is 0 Å². The second kappa shape index (κ2) is 7.81. The van der Waals surface area contributed by atoms with Crippen molar-refractivity contribution < 1.29 is 0 Å². The van der Waals surface area contributed by atoms with Gasteiger partial charge in [-0.05, 0) is 53.1 Å². The molecule has 0 aliphatic carbocycles. The second-order valence-corrected chi connectivity index (χ2v) is 5.80. The third-order valence-corrected chi connectivity index (χ3v) is 3.86. The molecule has 1 heterocycles. The summed E-state index contributed by atoms with van der Waals surface area (Å²) in [4.78, 5) is 4.66. The zero-order chi connectivity index (χ0) is 11.1. The van der Waals surface area contributed by atoms with Crippen LogP contribution in [0.2, 0.25) is 0 Å². The van der Waals surface area contributed by atoms with E-state index >= 15 is 0 Å². The molecule has 0 saturated carbocycles. The highest BCUT2D eigenvalue weighted by Gasteiger charge is 2.03. The molecule has 0 spiro atoms. The van der Waals surface area contributed by atoms with Gasteiger partial charge in [-0.25, -0.2) is 0 Å². The summed E-state index contributed by atoms with van der Waals surface area (Å²) in [6.07, 6.45) is 4.84. The molecular formula is C12H17I2N. The minimum atomic E-state index is 1.14. The third kappa shape index (κ3) is 4.97. The van der Waals surface area contributed by atoms with Gasteiger partial charge in [-0.3, -0.25) is 4.98 Å². The molecule has 0 saturated heterocycles. The third-order valence-electron chi connectivity index (χ3n) is 2.33. The maximum atomic E-state index is 4.66. The van der Waals surface area contributed by atoms with E-state index in [2.05, 4.69) is 69.2 Å². The first-order chi connectivity index (χ1) is 7.27. The summed E-state index contributed by atoms with van der Waals surface area (Å²) < 4.78 is 2.45. The smallest absolute Gasteiger partial charge is 0.0439 e. The zero-order valence-electron chi connectivity index (χ0n) is 9.10. The normalized spacial score (nSPS) is 10.6. The van der Waals surface area contributed by atoms with Crippen molar-refractivity contribution in [3.05, 3.63) is 29.1 Å². The number of hydrogen-bond donors (Lipinski definition) is 0. The fourth-order valence-corrected chi connectivity index (χ4v) is 2.34. The largest absolute Gasteiger partial charge is 0.258 e. The van der Waals surface area contributed by atoms with E-state index in [1.54, 1.807) is 0 Å². The first kappa shape index (κ1) is 13.7. The van der Waals surface area contributed by atoms with E-state index in [0.29, 0.717) is 0 Å². The molecular weight excluding hydrogens is 412 g/mol. The molecule has 1 rings (SSSR count). The van der Waals surface area contributed by atoms with Crippen LogP contribution in [0.3, 0.4) is 0 Å². The Morgan fingerprint density at radius 1 is 1.07 bits per heavy atom. The average molecular weight is 429 g/mol. The predicted molar refractivity (Wildman–Crippen MR) is 83.4 cm³/mol. The Kier molecular flexibility index (Phi) is 7.12. The van der Waals surface area contributed by atoms with Crippen molar-refractivity contribution in [1.29, 1.82) is 0 Å². The number of pyridine rings is 1. The van der Waals surface area contributed by atoms with Crippen LogP contribution in [0.5, 0.6) is 0 Å². The van der Waals surface area contributed by atoms with E-state index in [1.807, 2.05) is 0 Å². The molecule has 0 unspecified atom stereocenters. The van der Waals surface area contributed by atoms with Crippen molar-refractivity contribution in [2.45, 2.75) is 32.6 Å². The van der Waals surface area contributed by atoms with Gasteiger partial charge in [0.2, 0.25) is 0 Å². The van der Waals surface area contributed by atoms with E-state index in [-0.39, 0.29) is 0 Å². The van der Waals surface area contributed by atoms with Crippen LogP contribution in [-0.4, -0.2) is 13.8 Å². The number of halogens is 2. The monoisotopic (exact) mass is 429 g/mol. The Hall–Kier alpha value is 0.610. The molecule has 0 fully saturated rings. The van der Waals surface area contributed by atoms with E-state index < -0.39 is 0 Å². The number of alkyl halides is 2. The first-order valence-electron chi connectivity index (χ1n) is 5.35. The highest BCUT2D eigenvalue weighted by Crippen LogP contribution is 2.13. The van der Waals surface area contributed by atoms with Crippen molar-refractivity contribution in [2.75, 3.05) is 8.86 Å². The maximum absolute atomic E-state index is 4.66. The maximum Gasteiger partial charge on any atom is 0.0439 e. The first-order valence-corrected chi connectivity index (χ1v) is 8.40. The average Bonchev–Trinajstić information content (AvgIpc) is 2.25. The van der Waals surface area contributed by atoms with Crippen LogP contribution < -0.4 is 0 Å². The van der Waals surface area contributed by atoms with Gasteiger partial charge in [-0.15, -0.1) is 0 Å². The lowest BCUT2D eigenvalue weighted by molar-refractivity contribution is 0.837. The van der Waals surface area contributed by atoms with Crippen molar-refractivity contribution in [3.8, 4) is 0 Å². The molecule has 1 aromatic heterocycles. The van der Waals surface area contributed by atoms with Gasteiger partial charge in [0.25, 0.3) is 0 Å². The molecule has 0 atom stereocenters. The van der Waals surface area contributed by atoms with E-state index in [1.165, 1.54) is 39.4 Å². The Morgan fingerprint density at radius 2 is 1.73 bits per heavy atom. The minimum absolute atomic E-state index is 1.14. The summed E-state index contributed by atoms with van der Waals surface area (Å²) in [5.74, 6) is 0. The summed E-state index contributed by atoms with van der Waals surface area (Å²) in [7, 11) is 0. The van der Waals surface area contributed by atoms with Gasteiger partial charge < -0.3 is 0 Å². The van der Waals surface area contributed by atoms with Crippen LogP contribution >= 0.6 is 45.2 Å². The lowest BCUT2D eigenvalue weighted by Gasteiger charge is -2.08. The summed E-state index contributed by atoms with van der Waals surface area (Å²) >= 11 is 4.87. The van der Waals surface area contributed by atoms with Crippen molar-refractivity contribution in [3.63, 3.8) is 0 Å². The summed E-state index contributed by atoms with van der Waals surface area (Å²) in [5.41, 5.74) is 3.94. The summed E-state index contributed by atoms with van der Waals surface area (Å²) in [6, 6.07) is 4.40. The zero-order valence-corrected chi connectivity index (χ0v) is 13.4. The van der Waals surface area contributed by atoms with Gasteiger partial charge in [0.15, 0.2) is 0 Å². The number of aryl methyl sites for hydroxylation is 3. The molecule has 0 aliphatic heterocycles. The van der Waals surface area contributed by atoms with Gasteiger partial charge >= 0.3 is 0 Å². The fraction of sp³-hybridized carbons (Fsp3) is 0.583. The topological polar surface area (TPSA) is 12.9 Å². The van der Waals surface area contributed by atoms with Crippen LogP contribution in [0, 0.1) is 6.92 Å². The highest BCUT2D eigenvalue weighted by molar-refractivity contribution is 14.1. The van der Waals surface area contributed by atoms with Gasteiger partial charge in [-0.1, -0.05) is 51.2 Å². The molecule has 0 aliphatic rings. The fourth-order valence-electron chi connectivity index (χ4n) is 1.57. The molecule has 0 amide bonds. The summed E-state index contributed by atoms with van der Waals surface area (Å²) in [6.45, 7) is 2.08. The predicted octanol–water partition coefficient (Wildman–Crippen LogP) is 4.13. The SMILES string of the molecule is Cc1ccc(CCCI)c(CCCI)n1. The second-order valence-electron chi connectivity index (χ2n) is 3.64.